The monoisotopic (exact) mass is 342 g/mol. The van der Waals surface area contributed by atoms with Gasteiger partial charge in [0.2, 0.25) is 0 Å². The Hall–Kier alpha value is -0.550. The lowest BCUT2D eigenvalue weighted by Crippen LogP contribution is -2.26. The van der Waals surface area contributed by atoms with E-state index < -0.39 is 0 Å². The second kappa shape index (κ2) is 5.87. The summed E-state index contributed by atoms with van der Waals surface area (Å²) in [6, 6.07) is 8.85. The van der Waals surface area contributed by atoms with Crippen LogP contribution in [0.3, 0.4) is 0 Å². The zero-order valence-corrected chi connectivity index (χ0v) is 12.6. The molecule has 0 aliphatic heterocycles. The van der Waals surface area contributed by atoms with Crippen molar-refractivity contribution in [1.82, 2.24) is 9.47 Å². The molecule has 2 nitrogen and oxygen atoms in total. The number of hydrogen-bond acceptors (Lipinski definition) is 1. The highest BCUT2D eigenvalue weighted by Gasteiger charge is 2.03. The largest absolute Gasteiger partial charge is 0.346 e. The molecule has 0 radical (unpaired) electrons. The van der Waals surface area contributed by atoms with E-state index in [0.717, 1.165) is 26.2 Å². The predicted molar refractivity (Wildman–Crippen MR) is 82.4 cm³/mol. The van der Waals surface area contributed by atoms with Crippen molar-refractivity contribution in [2.24, 2.45) is 0 Å². The summed E-state index contributed by atoms with van der Waals surface area (Å²) in [4.78, 5) is 2.46. The molecule has 0 fully saturated rings. The molecule has 3 heteroatoms. The molecule has 0 bridgehead atoms. The van der Waals surface area contributed by atoms with Gasteiger partial charge in [0.1, 0.15) is 0 Å². The first-order valence-electron chi connectivity index (χ1n) is 6.21. The summed E-state index contributed by atoms with van der Waals surface area (Å²) < 4.78 is 3.65. The molecule has 1 heterocycles. The number of aromatic nitrogens is 1. The summed E-state index contributed by atoms with van der Waals surface area (Å²) in [5, 5.41) is 1.34. The predicted octanol–water partition coefficient (Wildman–Crippen LogP) is 3.59. The van der Waals surface area contributed by atoms with Crippen LogP contribution in [0, 0.1) is 3.57 Å². The average molecular weight is 342 g/mol. The van der Waals surface area contributed by atoms with Crippen LogP contribution < -0.4 is 0 Å². The van der Waals surface area contributed by atoms with Crippen LogP contribution in [0.5, 0.6) is 0 Å². The van der Waals surface area contributed by atoms with Gasteiger partial charge in [-0.2, -0.15) is 0 Å². The summed E-state index contributed by atoms with van der Waals surface area (Å²) in [5.74, 6) is 0. The number of nitrogens with zero attached hydrogens (tertiary/aromatic N) is 2. The molecule has 2 rings (SSSR count). The fourth-order valence-electron chi connectivity index (χ4n) is 2.15. The van der Waals surface area contributed by atoms with E-state index in [2.05, 4.69) is 76.4 Å². The summed E-state index contributed by atoms with van der Waals surface area (Å²) in [5.41, 5.74) is 1.34. The summed E-state index contributed by atoms with van der Waals surface area (Å²) in [6.07, 6.45) is 2.20. The Morgan fingerprint density at radius 2 is 1.94 bits per heavy atom. The topological polar surface area (TPSA) is 8.17 Å². The fourth-order valence-corrected chi connectivity index (χ4v) is 2.67. The maximum atomic E-state index is 2.46. The fraction of sp³-hybridized carbons (Fsp3) is 0.429. The van der Waals surface area contributed by atoms with E-state index in [1.165, 1.54) is 14.5 Å². The van der Waals surface area contributed by atoms with Crippen LogP contribution in [0.4, 0.5) is 0 Å². The smallest absolute Gasteiger partial charge is 0.0481 e. The van der Waals surface area contributed by atoms with Crippen LogP contribution in [0.1, 0.15) is 13.8 Å². The van der Waals surface area contributed by atoms with Gasteiger partial charge in [-0.15, -0.1) is 0 Å². The molecule has 0 unspecified atom stereocenters. The van der Waals surface area contributed by atoms with Crippen molar-refractivity contribution in [1.29, 1.82) is 0 Å². The summed E-state index contributed by atoms with van der Waals surface area (Å²) in [6.45, 7) is 8.91. The highest BCUT2D eigenvalue weighted by Crippen LogP contribution is 2.18. The van der Waals surface area contributed by atoms with Crippen LogP contribution in [-0.2, 0) is 6.54 Å². The Bertz CT molecular complexity index is 486. The van der Waals surface area contributed by atoms with Gasteiger partial charge in [-0.25, -0.2) is 0 Å². The van der Waals surface area contributed by atoms with E-state index in [1.807, 2.05) is 0 Å². The van der Waals surface area contributed by atoms with E-state index in [-0.39, 0.29) is 0 Å². The van der Waals surface area contributed by atoms with Gasteiger partial charge in [0.05, 0.1) is 0 Å². The van der Waals surface area contributed by atoms with Gasteiger partial charge in [0.15, 0.2) is 0 Å². The highest BCUT2D eigenvalue weighted by molar-refractivity contribution is 14.1. The molecule has 17 heavy (non-hydrogen) atoms. The Labute approximate surface area is 117 Å². The number of likely N-dealkylation sites (N-methyl/N-ethyl adjacent to an activating group) is 1. The molecule has 0 N–H and O–H groups in total. The number of benzene rings is 1. The quantitative estimate of drug-likeness (QED) is 0.754. The van der Waals surface area contributed by atoms with Crippen molar-refractivity contribution in [3.05, 3.63) is 34.0 Å². The molecule has 0 amide bonds. The molecule has 0 aliphatic rings. The second-order valence-electron chi connectivity index (χ2n) is 4.24. The van der Waals surface area contributed by atoms with Crippen molar-refractivity contribution >= 4 is 33.5 Å². The van der Waals surface area contributed by atoms with Crippen molar-refractivity contribution in [3.8, 4) is 0 Å². The Morgan fingerprint density at radius 1 is 1.18 bits per heavy atom. The minimum atomic E-state index is 1.08. The lowest BCUT2D eigenvalue weighted by atomic mass is 10.2. The molecule has 92 valence electrons. The first-order chi connectivity index (χ1) is 8.24. The molecular formula is C14H19IN2. The van der Waals surface area contributed by atoms with Gasteiger partial charge < -0.3 is 9.47 Å². The lowest BCUT2D eigenvalue weighted by Gasteiger charge is -2.18. The van der Waals surface area contributed by atoms with Crippen LogP contribution >= 0.6 is 22.6 Å². The first kappa shape index (κ1) is 12.9. The molecule has 0 atom stereocenters. The molecule has 0 aliphatic carbocycles. The van der Waals surface area contributed by atoms with E-state index in [9.17, 15) is 0 Å². The maximum absolute atomic E-state index is 2.46. The third-order valence-electron chi connectivity index (χ3n) is 3.28. The van der Waals surface area contributed by atoms with Crippen LogP contribution in [0.25, 0.3) is 10.9 Å². The van der Waals surface area contributed by atoms with Gasteiger partial charge >= 0.3 is 0 Å². The van der Waals surface area contributed by atoms with Crippen LogP contribution in [-0.4, -0.2) is 29.1 Å². The second-order valence-corrected chi connectivity index (χ2v) is 5.48. The van der Waals surface area contributed by atoms with Gasteiger partial charge in [-0.1, -0.05) is 13.8 Å². The normalized spacial score (nSPS) is 11.5. The average Bonchev–Trinajstić information content (AvgIpc) is 2.73. The Morgan fingerprint density at radius 3 is 2.65 bits per heavy atom. The van der Waals surface area contributed by atoms with E-state index in [0.29, 0.717) is 0 Å². The number of hydrogen-bond donors (Lipinski definition) is 0. The van der Waals surface area contributed by atoms with Crippen molar-refractivity contribution < 1.29 is 0 Å². The minimum Gasteiger partial charge on any atom is -0.346 e. The molecule has 1 aromatic heterocycles. The molecule has 2 aromatic rings. The zero-order valence-electron chi connectivity index (χ0n) is 10.5. The molecule has 0 spiro atoms. The Kier molecular flexibility index (Phi) is 4.45. The minimum absolute atomic E-state index is 1.08. The molecule has 1 aromatic carbocycles. The van der Waals surface area contributed by atoms with Gasteiger partial charge in [-0.3, -0.25) is 0 Å². The highest BCUT2D eigenvalue weighted by atomic mass is 127. The van der Waals surface area contributed by atoms with Crippen molar-refractivity contribution in [2.75, 3.05) is 19.6 Å². The zero-order chi connectivity index (χ0) is 12.3. The SMILES string of the molecule is CCN(CC)CCn1ccc2cc(I)ccc21. The van der Waals surface area contributed by atoms with E-state index >= 15 is 0 Å². The van der Waals surface area contributed by atoms with Gasteiger partial charge in [0, 0.05) is 33.8 Å². The van der Waals surface area contributed by atoms with Crippen molar-refractivity contribution in [2.45, 2.75) is 20.4 Å². The number of halogens is 1. The van der Waals surface area contributed by atoms with Gasteiger partial charge in [-0.05, 0) is 59.9 Å². The Balaban J connectivity index is 2.14. The van der Waals surface area contributed by atoms with E-state index in [4.69, 9.17) is 0 Å². The number of rotatable bonds is 5. The third kappa shape index (κ3) is 3.01. The summed E-state index contributed by atoms with van der Waals surface area (Å²) in [7, 11) is 0. The molecule has 0 saturated carbocycles. The van der Waals surface area contributed by atoms with Crippen molar-refractivity contribution in [3.63, 3.8) is 0 Å². The number of fused-ring (bicyclic) bond motifs is 1. The molecule has 0 saturated heterocycles. The van der Waals surface area contributed by atoms with Crippen LogP contribution in [0.15, 0.2) is 30.5 Å². The maximum Gasteiger partial charge on any atom is 0.0481 e. The van der Waals surface area contributed by atoms with Gasteiger partial charge in [0.25, 0.3) is 0 Å². The first-order valence-corrected chi connectivity index (χ1v) is 7.29. The lowest BCUT2D eigenvalue weighted by molar-refractivity contribution is 0.292. The standard InChI is InChI=1S/C14H19IN2/c1-3-16(4-2)9-10-17-8-7-12-11-13(15)5-6-14(12)17/h5-8,11H,3-4,9-10H2,1-2H3. The third-order valence-corrected chi connectivity index (χ3v) is 3.96. The van der Waals surface area contributed by atoms with Crippen LogP contribution in [0.2, 0.25) is 0 Å². The van der Waals surface area contributed by atoms with E-state index in [1.54, 1.807) is 0 Å². The summed E-state index contributed by atoms with van der Waals surface area (Å²) >= 11 is 2.36. The molecular weight excluding hydrogens is 323 g/mol.